The molecule has 20 heavy (non-hydrogen) atoms. The van der Waals surface area contributed by atoms with Crippen LogP contribution < -0.4 is 16.6 Å². The molecule has 0 atom stereocenters. The number of unbranched alkanes of at least 4 members (excludes halogenated alkanes) is 2. The molecule has 1 amide bonds. The number of carbonyl (C=O) groups excluding carboxylic acids is 1. The van der Waals surface area contributed by atoms with Crippen LogP contribution in [-0.4, -0.2) is 22.2 Å². The minimum Gasteiger partial charge on any atom is -0.383 e. The second kappa shape index (κ2) is 8.73. The number of amides is 1. The van der Waals surface area contributed by atoms with Crippen molar-refractivity contribution in [3.8, 4) is 0 Å². The van der Waals surface area contributed by atoms with Gasteiger partial charge >= 0.3 is 0 Å². The van der Waals surface area contributed by atoms with Crippen LogP contribution in [0.4, 0.5) is 5.69 Å². The number of hydrogen-bond donors (Lipinski definition) is 2. The lowest BCUT2D eigenvalue weighted by atomic mass is 10.2. The van der Waals surface area contributed by atoms with Gasteiger partial charge in [0.2, 0.25) is 5.91 Å². The van der Waals surface area contributed by atoms with Gasteiger partial charge in [0.25, 0.3) is 5.56 Å². The molecule has 0 saturated heterocycles. The van der Waals surface area contributed by atoms with Crippen LogP contribution in [0.2, 0.25) is 0 Å². The van der Waals surface area contributed by atoms with Crippen LogP contribution in [0.5, 0.6) is 0 Å². The number of carbonyl (C=O) groups is 1. The molecule has 7 heteroatoms. The van der Waals surface area contributed by atoms with Crippen molar-refractivity contribution in [3.05, 3.63) is 21.0 Å². The Balaban J connectivity index is 2.53. The van der Waals surface area contributed by atoms with Crippen molar-refractivity contribution in [3.63, 3.8) is 0 Å². The van der Waals surface area contributed by atoms with Gasteiger partial charge < -0.3 is 11.1 Å². The maximum absolute atomic E-state index is 12.0. The summed E-state index contributed by atoms with van der Waals surface area (Å²) in [4.78, 5) is 22.6. The number of hydrogen-bond acceptors (Lipinski definition) is 4. The summed E-state index contributed by atoms with van der Waals surface area (Å²) in [7, 11) is 0. The van der Waals surface area contributed by atoms with Crippen LogP contribution in [0.15, 0.2) is 15.5 Å². The Morgan fingerprint density at radius 2 is 2.20 bits per heavy atom. The fourth-order valence-electron chi connectivity index (χ4n) is 1.70. The fourth-order valence-corrected chi connectivity index (χ4v) is 2.15. The van der Waals surface area contributed by atoms with Crippen LogP contribution in [0.25, 0.3) is 0 Å². The molecule has 1 aromatic rings. The van der Waals surface area contributed by atoms with Gasteiger partial charge in [0.15, 0.2) is 0 Å². The highest BCUT2D eigenvalue weighted by Gasteiger charge is 2.08. The minimum atomic E-state index is -0.286. The van der Waals surface area contributed by atoms with Gasteiger partial charge in [-0.05, 0) is 35.2 Å². The zero-order valence-corrected chi connectivity index (χ0v) is 13.3. The van der Waals surface area contributed by atoms with E-state index in [2.05, 4.69) is 33.3 Å². The van der Waals surface area contributed by atoms with Crippen molar-refractivity contribution < 1.29 is 4.79 Å². The number of aryl methyl sites for hydroxylation is 1. The smallest absolute Gasteiger partial charge is 0.283 e. The molecular formula is C13H21BrN4O2. The van der Waals surface area contributed by atoms with Crippen LogP contribution in [0.3, 0.4) is 0 Å². The van der Waals surface area contributed by atoms with Gasteiger partial charge in [-0.1, -0.05) is 13.3 Å². The Morgan fingerprint density at radius 3 is 2.85 bits per heavy atom. The molecule has 0 fully saturated rings. The molecule has 0 unspecified atom stereocenters. The van der Waals surface area contributed by atoms with E-state index in [9.17, 15) is 9.59 Å². The first-order chi connectivity index (χ1) is 9.56. The zero-order chi connectivity index (χ0) is 15.0. The second-order valence-corrected chi connectivity index (χ2v) is 5.40. The van der Waals surface area contributed by atoms with Gasteiger partial charge in [-0.2, -0.15) is 5.10 Å². The van der Waals surface area contributed by atoms with Crippen molar-refractivity contribution in [1.29, 1.82) is 0 Å². The number of anilines is 1. The number of nitrogens with zero attached hydrogens (tertiary/aromatic N) is 2. The van der Waals surface area contributed by atoms with E-state index in [1.54, 1.807) is 6.20 Å². The summed E-state index contributed by atoms with van der Waals surface area (Å²) in [5, 5.41) is 7.28. The zero-order valence-electron chi connectivity index (χ0n) is 11.7. The molecule has 1 rings (SSSR count). The molecule has 0 bridgehead atoms. The van der Waals surface area contributed by atoms with E-state index in [0.29, 0.717) is 29.7 Å². The van der Waals surface area contributed by atoms with Crippen molar-refractivity contribution in [1.82, 2.24) is 9.78 Å². The molecular weight excluding hydrogens is 324 g/mol. The topological polar surface area (TPSA) is 90.0 Å². The highest BCUT2D eigenvalue weighted by molar-refractivity contribution is 9.10. The molecule has 6 nitrogen and oxygen atoms in total. The molecule has 0 aliphatic carbocycles. The van der Waals surface area contributed by atoms with Crippen LogP contribution in [0, 0.1) is 0 Å². The Labute approximate surface area is 126 Å². The second-order valence-electron chi connectivity index (χ2n) is 4.60. The molecule has 0 aliphatic rings. The summed E-state index contributed by atoms with van der Waals surface area (Å²) in [6.45, 7) is 3.38. The summed E-state index contributed by atoms with van der Waals surface area (Å²) in [6.07, 6.45) is 5.54. The van der Waals surface area contributed by atoms with Gasteiger partial charge in [0.05, 0.1) is 11.9 Å². The third-order valence-corrected chi connectivity index (χ3v) is 3.64. The summed E-state index contributed by atoms with van der Waals surface area (Å²) in [5.41, 5.74) is 5.62. The van der Waals surface area contributed by atoms with Crippen molar-refractivity contribution >= 4 is 27.5 Å². The number of nitrogens with one attached hydrogen (secondary N) is 1. The predicted octanol–water partition coefficient (Wildman–Crippen LogP) is 1.87. The van der Waals surface area contributed by atoms with Crippen LogP contribution in [0.1, 0.15) is 39.0 Å². The third-order valence-electron chi connectivity index (χ3n) is 2.87. The normalized spacial score (nSPS) is 10.5. The van der Waals surface area contributed by atoms with E-state index in [-0.39, 0.29) is 11.5 Å². The predicted molar refractivity (Wildman–Crippen MR) is 82.6 cm³/mol. The Morgan fingerprint density at radius 1 is 1.45 bits per heavy atom. The third kappa shape index (κ3) is 5.32. The first kappa shape index (κ1) is 16.7. The molecule has 0 saturated carbocycles. The van der Waals surface area contributed by atoms with Gasteiger partial charge in [-0.15, -0.1) is 0 Å². The molecule has 3 N–H and O–H groups in total. The maximum Gasteiger partial charge on any atom is 0.283 e. The number of primary amides is 1. The molecule has 0 radical (unpaired) electrons. The van der Waals surface area contributed by atoms with Crippen LogP contribution in [-0.2, 0) is 11.3 Å². The number of aromatic nitrogens is 2. The van der Waals surface area contributed by atoms with E-state index in [1.807, 2.05) is 0 Å². The Hall–Kier alpha value is -1.37. The van der Waals surface area contributed by atoms with Crippen LogP contribution >= 0.6 is 15.9 Å². The average molecular weight is 345 g/mol. The van der Waals surface area contributed by atoms with E-state index >= 15 is 0 Å². The van der Waals surface area contributed by atoms with Crippen molar-refractivity contribution in [2.75, 3.05) is 11.9 Å². The molecule has 0 spiro atoms. The van der Waals surface area contributed by atoms with Gasteiger partial charge in [-0.25, -0.2) is 4.68 Å². The number of rotatable bonds is 9. The molecule has 1 heterocycles. The lowest BCUT2D eigenvalue weighted by Crippen LogP contribution is -2.24. The van der Waals surface area contributed by atoms with E-state index in [4.69, 9.17) is 5.73 Å². The lowest BCUT2D eigenvalue weighted by Gasteiger charge is -2.10. The van der Waals surface area contributed by atoms with E-state index in [0.717, 1.165) is 25.7 Å². The van der Waals surface area contributed by atoms with E-state index < -0.39 is 0 Å². The maximum atomic E-state index is 12.0. The molecule has 112 valence electrons. The first-order valence-electron chi connectivity index (χ1n) is 6.84. The highest BCUT2D eigenvalue weighted by Crippen LogP contribution is 2.16. The summed E-state index contributed by atoms with van der Waals surface area (Å²) < 4.78 is 1.96. The lowest BCUT2D eigenvalue weighted by molar-refractivity contribution is -0.118. The van der Waals surface area contributed by atoms with Crippen molar-refractivity contribution in [2.45, 2.75) is 45.6 Å². The summed E-state index contributed by atoms with van der Waals surface area (Å²) in [5.74, 6) is -0.286. The van der Waals surface area contributed by atoms with Crippen molar-refractivity contribution in [2.24, 2.45) is 5.73 Å². The standard InChI is InChI=1S/C13H21BrN4O2/c1-2-3-8-18-13(20)12(14)10(9-17-18)16-7-5-4-6-11(15)19/h9,16H,2-8H2,1H3,(H2,15,19). The molecule has 0 aromatic carbocycles. The summed E-state index contributed by atoms with van der Waals surface area (Å²) in [6, 6.07) is 0. The minimum absolute atomic E-state index is 0.124. The monoisotopic (exact) mass is 344 g/mol. The summed E-state index contributed by atoms with van der Waals surface area (Å²) >= 11 is 3.31. The number of halogens is 1. The highest BCUT2D eigenvalue weighted by atomic mass is 79.9. The SMILES string of the molecule is CCCCn1ncc(NCCCCC(N)=O)c(Br)c1=O. The van der Waals surface area contributed by atoms with E-state index in [1.165, 1.54) is 4.68 Å². The quantitative estimate of drug-likeness (QED) is 0.669. The molecule has 0 aliphatic heterocycles. The van der Waals surface area contributed by atoms with Gasteiger partial charge in [0, 0.05) is 19.5 Å². The van der Waals surface area contributed by atoms with Gasteiger partial charge in [-0.3, -0.25) is 9.59 Å². The fraction of sp³-hybridized carbons (Fsp3) is 0.615. The average Bonchev–Trinajstić information content (AvgIpc) is 2.41. The largest absolute Gasteiger partial charge is 0.383 e. The Bertz CT molecular complexity index is 502. The first-order valence-corrected chi connectivity index (χ1v) is 7.63. The Kier molecular flexibility index (Phi) is 7.28. The number of nitrogens with two attached hydrogens (primary N) is 1. The van der Waals surface area contributed by atoms with Gasteiger partial charge in [0.1, 0.15) is 4.47 Å². The molecule has 1 aromatic heterocycles.